The number of anilines is 1. The third-order valence-corrected chi connectivity index (χ3v) is 5.26. The zero-order valence-electron chi connectivity index (χ0n) is 14.2. The molecule has 1 aliphatic carbocycles. The molecule has 136 valence electrons. The molecule has 7 heteroatoms. The average molecular weight is 398 g/mol. The van der Waals surface area contributed by atoms with E-state index >= 15 is 0 Å². The number of thiazole rings is 1. The topological polar surface area (TPSA) is 71.1 Å². The molecule has 0 aliphatic heterocycles. The highest BCUT2D eigenvalue weighted by Crippen LogP contribution is 2.28. The molecule has 0 unspecified atom stereocenters. The second kappa shape index (κ2) is 7.50. The summed E-state index contributed by atoms with van der Waals surface area (Å²) in [6, 6.07) is 12.9. The summed E-state index contributed by atoms with van der Waals surface area (Å²) in [7, 11) is 0. The Bertz CT molecular complexity index is 1040. The number of nitrogens with zero attached hydrogens (tertiary/aromatic N) is 1. The van der Waals surface area contributed by atoms with Crippen LogP contribution >= 0.6 is 22.9 Å². The van der Waals surface area contributed by atoms with Crippen molar-refractivity contribution in [2.24, 2.45) is 0 Å². The predicted molar refractivity (Wildman–Crippen MR) is 109 cm³/mol. The molecule has 2 aromatic carbocycles. The van der Waals surface area contributed by atoms with Crippen LogP contribution in [-0.2, 0) is 4.79 Å². The molecule has 0 radical (unpaired) electrons. The summed E-state index contributed by atoms with van der Waals surface area (Å²) in [4.78, 5) is 28.4. The highest BCUT2D eigenvalue weighted by Gasteiger charge is 2.23. The number of carbonyl (C=O) groups is 2. The largest absolute Gasteiger partial charge is 0.349 e. The van der Waals surface area contributed by atoms with Crippen molar-refractivity contribution < 1.29 is 9.59 Å². The maximum atomic E-state index is 12.1. The number of amides is 2. The van der Waals surface area contributed by atoms with Crippen molar-refractivity contribution in [1.29, 1.82) is 0 Å². The van der Waals surface area contributed by atoms with E-state index in [9.17, 15) is 9.59 Å². The van der Waals surface area contributed by atoms with Crippen LogP contribution in [-0.4, -0.2) is 22.8 Å². The molecule has 1 aliphatic rings. The number of aromatic nitrogens is 1. The Hall–Kier alpha value is -2.70. The van der Waals surface area contributed by atoms with Gasteiger partial charge in [-0.25, -0.2) is 4.98 Å². The van der Waals surface area contributed by atoms with Gasteiger partial charge in [-0.2, -0.15) is 0 Å². The van der Waals surface area contributed by atoms with Gasteiger partial charge in [0.25, 0.3) is 5.91 Å². The Morgan fingerprint density at radius 2 is 1.93 bits per heavy atom. The van der Waals surface area contributed by atoms with E-state index in [0.29, 0.717) is 21.8 Å². The summed E-state index contributed by atoms with van der Waals surface area (Å²) in [6.07, 6.45) is 5.26. The first kappa shape index (κ1) is 17.7. The molecular weight excluding hydrogens is 382 g/mol. The van der Waals surface area contributed by atoms with Gasteiger partial charge in [0.05, 0.1) is 10.2 Å². The molecule has 0 spiro atoms. The normalized spacial score (nSPS) is 13.8. The number of hydrogen-bond acceptors (Lipinski definition) is 4. The molecule has 1 heterocycles. The SMILES string of the molecule is O=C(C=Cc1ccc(C(=O)NC2CC2)cc1)Nc1nc2ccc(Cl)cc2s1. The molecule has 3 aromatic rings. The number of hydrogen-bond donors (Lipinski definition) is 2. The van der Waals surface area contributed by atoms with E-state index in [1.165, 1.54) is 17.4 Å². The van der Waals surface area contributed by atoms with E-state index < -0.39 is 0 Å². The lowest BCUT2D eigenvalue weighted by molar-refractivity contribution is -0.111. The quantitative estimate of drug-likeness (QED) is 0.623. The Kier molecular flexibility index (Phi) is 4.92. The van der Waals surface area contributed by atoms with E-state index in [1.807, 2.05) is 24.3 Å². The fourth-order valence-corrected chi connectivity index (χ4v) is 3.66. The number of rotatable bonds is 5. The number of carbonyl (C=O) groups excluding carboxylic acids is 2. The summed E-state index contributed by atoms with van der Waals surface area (Å²) in [5, 5.41) is 6.86. The number of nitrogens with one attached hydrogen (secondary N) is 2. The lowest BCUT2D eigenvalue weighted by atomic mass is 10.1. The van der Waals surface area contributed by atoms with Gasteiger partial charge in [0, 0.05) is 22.7 Å². The lowest BCUT2D eigenvalue weighted by Crippen LogP contribution is -2.25. The summed E-state index contributed by atoms with van der Waals surface area (Å²) in [5.41, 5.74) is 2.25. The molecule has 0 bridgehead atoms. The molecule has 27 heavy (non-hydrogen) atoms. The Morgan fingerprint density at radius 3 is 2.67 bits per heavy atom. The van der Waals surface area contributed by atoms with Crippen molar-refractivity contribution in [3.8, 4) is 0 Å². The van der Waals surface area contributed by atoms with Crippen LogP contribution in [0.4, 0.5) is 5.13 Å². The minimum atomic E-state index is -0.268. The summed E-state index contributed by atoms with van der Waals surface area (Å²) >= 11 is 7.34. The van der Waals surface area contributed by atoms with Crippen molar-refractivity contribution in [3.05, 3.63) is 64.7 Å². The molecular formula is C20H16ClN3O2S. The molecule has 0 saturated heterocycles. The minimum absolute atomic E-state index is 0.0540. The molecule has 1 fully saturated rings. The van der Waals surface area contributed by atoms with Gasteiger partial charge < -0.3 is 5.32 Å². The van der Waals surface area contributed by atoms with Gasteiger partial charge in [-0.3, -0.25) is 14.9 Å². The van der Waals surface area contributed by atoms with Gasteiger partial charge >= 0.3 is 0 Å². The maximum absolute atomic E-state index is 12.1. The molecule has 2 amide bonds. The van der Waals surface area contributed by atoms with Crippen LogP contribution in [0.5, 0.6) is 0 Å². The van der Waals surface area contributed by atoms with E-state index in [4.69, 9.17) is 11.6 Å². The first-order valence-corrected chi connectivity index (χ1v) is 9.72. The van der Waals surface area contributed by atoms with Crippen molar-refractivity contribution in [3.63, 3.8) is 0 Å². The smallest absolute Gasteiger partial charge is 0.251 e. The first-order chi connectivity index (χ1) is 13.1. The number of halogens is 1. The summed E-state index contributed by atoms with van der Waals surface area (Å²) < 4.78 is 0.918. The predicted octanol–water partition coefficient (Wildman–Crippen LogP) is 4.49. The Labute approximate surface area is 165 Å². The molecule has 1 aromatic heterocycles. The standard InChI is InChI=1S/C20H16ClN3O2S/c21-14-6-9-16-17(11-14)27-20(23-16)24-18(25)10-3-12-1-4-13(5-2-12)19(26)22-15-7-8-15/h1-6,9-11,15H,7-8H2,(H,22,26)(H,23,24,25). The summed E-state index contributed by atoms with van der Waals surface area (Å²) in [6.45, 7) is 0. The van der Waals surface area contributed by atoms with Gasteiger partial charge in [0.2, 0.25) is 5.91 Å². The number of fused-ring (bicyclic) bond motifs is 1. The fraction of sp³-hybridized carbons (Fsp3) is 0.150. The highest BCUT2D eigenvalue weighted by molar-refractivity contribution is 7.22. The van der Waals surface area contributed by atoms with Crippen LogP contribution in [0.3, 0.4) is 0 Å². The van der Waals surface area contributed by atoms with Crippen LogP contribution in [0.2, 0.25) is 5.02 Å². The van der Waals surface area contributed by atoms with Crippen molar-refractivity contribution >= 4 is 56.2 Å². The van der Waals surface area contributed by atoms with Crippen LogP contribution in [0.1, 0.15) is 28.8 Å². The van der Waals surface area contributed by atoms with Crippen LogP contribution in [0.15, 0.2) is 48.5 Å². The van der Waals surface area contributed by atoms with Crippen LogP contribution in [0.25, 0.3) is 16.3 Å². The van der Waals surface area contributed by atoms with Crippen molar-refractivity contribution in [2.75, 3.05) is 5.32 Å². The molecule has 4 rings (SSSR count). The molecule has 5 nitrogen and oxygen atoms in total. The van der Waals surface area contributed by atoms with E-state index in [-0.39, 0.29) is 11.8 Å². The van der Waals surface area contributed by atoms with E-state index in [1.54, 1.807) is 24.3 Å². The molecule has 2 N–H and O–H groups in total. The fourth-order valence-electron chi connectivity index (χ4n) is 2.51. The average Bonchev–Trinajstić information content (AvgIpc) is 3.38. The first-order valence-electron chi connectivity index (χ1n) is 8.53. The summed E-state index contributed by atoms with van der Waals surface area (Å²) in [5.74, 6) is -0.322. The number of benzene rings is 2. The Morgan fingerprint density at radius 1 is 1.15 bits per heavy atom. The van der Waals surface area contributed by atoms with Gasteiger partial charge in [-0.15, -0.1) is 0 Å². The highest BCUT2D eigenvalue weighted by atomic mass is 35.5. The van der Waals surface area contributed by atoms with Crippen molar-refractivity contribution in [1.82, 2.24) is 10.3 Å². The van der Waals surface area contributed by atoms with Crippen LogP contribution in [0, 0.1) is 0 Å². The Balaban J connectivity index is 1.37. The van der Waals surface area contributed by atoms with Gasteiger partial charge in [-0.1, -0.05) is 35.1 Å². The minimum Gasteiger partial charge on any atom is -0.349 e. The third-order valence-electron chi connectivity index (χ3n) is 4.09. The van der Waals surface area contributed by atoms with Gasteiger partial charge in [-0.05, 0) is 54.8 Å². The van der Waals surface area contributed by atoms with E-state index in [2.05, 4.69) is 15.6 Å². The van der Waals surface area contributed by atoms with E-state index in [0.717, 1.165) is 28.6 Å². The van der Waals surface area contributed by atoms with Gasteiger partial charge in [0.1, 0.15) is 0 Å². The maximum Gasteiger partial charge on any atom is 0.251 e. The van der Waals surface area contributed by atoms with Crippen LogP contribution < -0.4 is 10.6 Å². The monoisotopic (exact) mass is 397 g/mol. The second-order valence-electron chi connectivity index (χ2n) is 6.32. The zero-order valence-corrected chi connectivity index (χ0v) is 15.8. The second-order valence-corrected chi connectivity index (χ2v) is 7.79. The third kappa shape index (κ3) is 4.53. The van der Waals surface area contributed by atoms with Crippen molar-refractivity contribution in [2.45, 2.75) is 18.9 Å². The zero-order chi connectivity index (χ0) is 18.8. The molecule has 0 atom stereocenters. The molecule has 1 saturated carbocycles. The lowest BCUT2D eigenvalue weighted by Gasteiger charge is -2.03. The van der Waals surface area contributed by atoms with Gasteiger partial charge in [0.15, 0.2) is 5.13 Å².